The monoisotopic (exact) mass is 637 g/mol. The van der Waals surface area contributed by atoms with Crippen molar-refractivity contribution in [1.29, 1.82) is 0 Å². The van der Waals surface area contributed by atoms with Crippen LogP contribution in [0.15, 0.2) is 108 Å². The largest absolute Gasteiger partial charge is 0.325 e. The van der Waals surface area contributed by atoms with E-state index in [1.54, 1.807) is 91.0 Å². The number of benzene rings is 4. The maximum Gasteiger partial charge on any atom is 0.272 e. The van der Waals surface area contributed by atoms with Crippen molar-refractivity contribution in [2.75, 3.05) is 10.6 Å². The zero-order chi connectivity index (χ0) is 30.1. The summed E-state index contributed by atoms with van der Waals surface area (Å²) < 4.78 is 0. The van der Waals surface area contributed by atoms with Crippen LogP contribution in [0, 0.1) is 0 Å². The lowest BCUT2D eigenvalue weighted by molar-refractivity contribution is -0.116. The van der Waals surface area contributed by atoms with Crippen LogP contribution in [-0.2, 0) is 9.59 Å². The van der Waals surface area contributed by atoms with Crippen LogP contribution >= 0.6 is 46.6 Å². The van der Waals surface area contributed by atoms with Crippen molar-refractivity contribution in [3.05, 3.63) is 129 Å². The molecule has 0 saturated carbocycles. The lowest BCUT2D eigenvalue weighted by atomic mass is 10.1. The summed E-state index contributed by atoms with van der Waals surface area (Å²) >= 11 is 19.8. The highest BCUT2D eigenvalue weighted by molar-refractivity contribution is 8.00. The van der Waals surface area contributed by atoms with Crippen LogP contribution < -0.4 is 16.0 Å². The Morgan fingerprint density at radius 3 is 2.17 bits per heavy atom. The summed E-state index contributed by atoms with van der Waals surface area (Å²) in [5, 5.41) is 9.26. The second-order valence-corrected chi connectivity index (χ2v) is 11.6. The molecule has 4 aromatic carbocycles. The van der Waals surface area contributed by atoms with E-state index in [2.05, 4.69) is 16.0 Å². The van der Waals surface area contributed by atoms with Crippen LogP contribution in [0.2, 0.25) is 15.1 Å². The van der Waals surface area contributed by atoms with Crippen molar-refractivity contribution in [2.24, 2.45) is 0 Å². The number of rotatable bonds is 10. The molecule has 42 heavy (non-hydrogen) atoms. The van der Waals surface area contributed by atoms with Gasteiger partial charge in [0.15, 0.2) is 0 Å². The van der Waals surface area contributed by atoms with E-state index in [1.165, 1.54) is 17.8 Å². The Hall–Kier alpha value is -3.75. The topological polar surface area (TPSA) is 87.3 Å². The summed E-state index contributed by atoms with van der Waals surface area (Å²) in [5.74, 6) is -1.18. The third-order valence-corrected chi connectivity index (χ3v) is 8.04. The molecule has 214 valence electrons. The van der Waals surface area contributed by atoms with Crippen molar-refractivity contribution >= 4 is 81.7 Å². The summed E-state index contributed by atoms with van der Waals surface area (Å²) in [6, 6.07) is 27.6. The van der Waals surface area contributed by atoms with E-state index in [1.807, 2.05) is 13.0 Å². The third kappa shape index (κ3) is 8.87. The number of nitrogens with one attached hydrogen (secondary N) is 3. The first-order valence-corrected chi connectivity index (χ1v) is 14.9. The Bertz CT molecular complexity index is 1610. The van der Waals surface area contributed by atoms with E-state index in [-0.39, 0.29) is 11.6 Å². The Labute approximate surface area is 263 Å². The zero-order valence-electron chi connectivity index (χ0n) is 22.4. The molecule has 0 aliphatic rings. The van der Waals surface area contributed by atoms with Crippen LogP contribution in [0.25, 0.3) is 6.08 Å². The number of hydrogen-bond acceptors (Lipinski definition) is 4. The van der Waals surface area contributed by atoms with Gasteiger partial charge < -0.3 is 16.0 Å². The highest BCUT2D eigenvalue weighted by Crippen LogP contribution is 2.30. The van der Waals surface area contributed by atoms with Crippen molar-refractivity contribution in [1.82, 2.24) is 5.32 Å². The summed E-state index contributed by atoms with van der Waals surface area (Å²) in [7, 11) is 0. The quantitative estimate of drug-likeness (QED) is 0.120. The molecule has 0 radical (unpaired) electrons. The molecule has 0 bridgehead atoms. The highest BCUT2D eigenvalue weighted by atomic mass is 35.5. The molecule has 0 aromatic heterocycles. The fourth-order valence-electron chi connectivity index (χ4n) is 3.87. The van der Waals surface area contributed by atoms with E-state index in [9.17, 15) is 14.4 Å². The fourth-order valence-corrected chi connectivity index (χ4v) is 5.60. The summed E-state index contributed by atoms with van der Waals surface area (Å²) in [6.45, 7) is 1.91. The Kier molecular flexibility index (Phi) is 11.1. The Morgan fingerprint density at radius 1 is 0.786 bits per heavy atom. The Morgan fingerprint density at radius 2 is 1.48 bits per heavy atom. The van der Waals surface area contributed by atoms with Crippen molar-refractivity contribution in [2.45, 2.75) is 23.5 Å². The SMILES string of the molecule is CCC(Sc1cccc(NC(=O)/C(=C\c2ccccc2Cl)NC(=O)c2ccccc2)c1)C(=O)Nc1cc(Cl)cc(Cl)c1. The molecule has 10 heteroatoms. The number of carbonyl (C=O) groups excluding carboxylic acids is 3. The van der Waals surface area contributed by atoms with Gasteiger partial charge >= 0.3 is 0 Å². The smallest absolute Gasteiger partial charge is 0.272 e. The molecule has 1 atom stereocenters. The van der Waals surface area contributed by atoms with Crippen LogP contribution in [0.4, 0.5) is 11.4 Å². The molecular formula is C32H26Cl3N3O3S. The molecule has 3 amide bonds. The summed E-state index contributed by atoms with van der Waals surface area (Å²) in [5.41, 5.74) is 1.98. The van der Waals surface area contributed by atoms with E-state index >= 15 is 0 Å². The lowest BCUT2D eigenvalue weighted by Gasteiger charge is -2.16. The molecule has 0 spiro atoms. The number of anilines is 2. The van der Waals surface area contributed by atoms with E-state index in [4.69, 9.17) is 34.8 Å². The first kappa shape index (κ1) is 31.2. The van der Waals surface area contributed by atoms with Crippen molar-refractivity contribution < 1.29 is 14.4 Å². The van der Waals surface area contributed by atoms with Gasteiger partial charge in [0.25, 0.3) is 11.8 Å². The van der Waals surface area contributed by atoms with Crippen LogP contribution in [0.3, 0.4) is 0 Å². The van der Waals surface area contributed by atoms with Gasteiger partial charge in [0.2, 0.25) is 5.91 Å². The minimum absolute atomic E-state index is 0.0148. The van der Waals surface area contributed by atoms with Gasteiger partial charge in [-0.2, -0.15) is 0 Å². The average molecular weight is 639 g/mol. The molecule has 3 N–H and O–H groups in total. The normalized spacial score (nSPS) is 11.9. The predicted molar refractivity (Wildman–Crippen MR) is 173 cm³/mol. The van der Waals surface area contributed by atoms with Gasteiger partial charge in [-0.05, 0) is 72.7 Å². The molecule has 6 nitrogen and oxygen atoms in total. The molecule has 1 unspecified atom stereocenters. The van der Waals surface area contributed by atoms with Crippen LogP contribution in [0.1, 0.15) is 29.3 Å². The number of halogens is 3. The predicted octanol–water partition coefficient (Wildman–Crippen LogP) is 8.57. The van der Waals surface area contributed by atoms with Gasteiger partial charge in [0.1, 0.15) is 5.70 Å². The highest BCUT2D eigenvalue weighted by Gasteiger charge is 2.20. The lowest BCUT2D eigenvalue weighted by Crippen LogP contribution is -2.30. The molecule has 4 aromatic rings. The maximum atomic E-state index is 13.4. The van der Waals surface area contributed by atoms with E-state index in [0.29, 0.717) is 44.0 Å². The van der Waals surface area contributed by atoms with Gasteiger partial charge in [-0.1, -0.05) is 84.2 Å². The van der Waals surface area contributed by atoms with Gasteiger partial charge in [-0.3, -0.25) is 14.4 Å². The molecular weight excluding hydrogens is 613 g/mol. The molecule has 0 aliphatic carbocycles. The summed E-state index contributed by atoms with van der Waals surface area (Å²) in [6.07, 6.45) is 2.08. The van der Waals surface area contributed by atoms with Crippen LogP contribution in [-0.4, -0.2) is 23.0 Å². The average Bonchev–Trinajstić information content (AvgIpc) is 2.96. The standard InChI is InChI=1S/C32H26Cl3N3O3S/c1-2-29(32(41)37-25-17-22(33)16-23(34)18-25)42-26-13-8-12-24(19-26)36-31(40)28(15-21-11-6-7-14-27(21)35)38-30(39)20-9-4-3-5-10-20/h3-19,29H,2H2,1H3,(H,36,40)(H,37,41)(H,38,39)/b28-15+. The fraction of sp³-hybridized carbons (Fsp3) is 0.0938. The van der Waals surface area contributed by atoms with Crippen LogP contribution in [0.5, 0.6) is 0 Å². The first-order chi connectivity index (χ1) is 20.2. The molecule has 4 rings (SSSR count). The van der Waals surface area contributed by atoms with Gasteiger partial charge in [0, 0.05) is 36.9 Å². The number of hydrogen-bond donors (Lipinski definition) is 3. The molecule has 0 fully saturated rings. The van der Waals surface area contributed by atoms with E-state index < -0.39 is 17.1 Å². The second-order valence-electron chi connectivity index (χ2n) is 9.04. The maximum absolute atomic E-state index is 13.4. The number of carbonyl (C=O) groups is 3. The van der Waals surface area contributed by atoms with Crippen molar-refractivity contribution in [3.63, 3.8) is 0 Å². The van der Waals surface area contributed by atoms with Gasteiger partial charge in [-0.15, -0.1) is 11.8 Å². The van der Waals surface area contributed by atoms with Gasteiger partial charge in [0.05, 0.1) is 5.25 Å². The number of amides is 3. The molecule has 0 aliphatic heterocycles. The molecule has 0 saturated heterocycles. The second kappa shape index (κ2) is 14.9. The zero-order valence-corrected chi connectivity index (χ0v) is 25.5. The van der Waals surface area contributed by atoms with Crippen molar-refractivity contribution in [3.8, 4) is 0 Å². The first-order valence-electron chi connectivity index (χ1n) is 12.9. The third-order valence-electron chi connectivity index (χ3n) is 5.90. The minimum Gasteiger partial charge on any atom is -0.325 e. The molecule has 0 heterocycles. The Balaban J connectivity index is 1.51. The van der Waals surface area contributed by atoms with E-state index in [0.717, 1.165) is 4.90 Å². The van der Waals surface area contributed by atoms with Gasteiger partial charge in [-0.25, -0.2) is 0 Å². The number of thioether (sulfide) groups is 1. The summed E-state index contributed by atoms with van der Waals surface area (Å²) in [4.78, 5) is 40.1. The minimum atomic E-state index is -0.538.